The van der Waals surface area contributed by atoms with E-state index >= 15 is 0 Å². The minimum atomic E-state index is 0.502. The van der Waals surface area contributed by atoms with Gasteiger partial charge in [0, 0.05) is 10.2 Å². The zero-order chi connectivity index (χ0) is 12.0. The van der Waals surface area contributed by atoms with Crippen LogP contribution in [0.4, 0.5) is 5.69 Å². The van der Waals surface area contributed by atoms with Crippen LogP contribution in [0.2, 0.25) is 0 Å². The number of anilines is 1. The van der Waals surface area contributed by atoms with Gasteiger partial charge in [0.1, 0.15) is 0 Å². The first-order valence-corrected chi connectivity index (χ1v) is 6.73. The van der Waals surface area contributed by atoms with Crippen LogP contribution in [0, 0.1) is 0 Å². The van der Waals surface area contributed by atoms with Crippen molar-refractivity contribution in [1.82, 2.24) is 0 Å². The molecule has 1 aromatic carbocycles. The second kappa shape index (κ2) is 6.92. The van der Waals surface area contributed by atoms with Crippen molar-refractivity contribution in [1.29, 1.82) is 0 Å². The molecule has 0 heterocycles. The molecule has 1 aromatic rings. The zero-order valence-electron chi connectivity index (χ0n) is 9.88. The van der Waals surface area contributed by atoms with Gasteiger partial charge in [-0.3, -0.25) is 0 Å². The lowest BCUT2D eigenvalue weighted by Crippen LogP contribution is -2.09. The monoisotopic (exact) mass is 284 g/mol. The Labute approximate surface area is 107 Å². The molecule has 1 rings (SSSR count). The molecule has 0 saturated heterocycles. The molecule has 0 radical (unpaired) electrons. The molecule has 0 saturated carbocycles. The largest absolute Gasteiger partial charge is 0.398 e. The van der Waals surface area contributed by atoms with Gasteiger partial charge in [0.25, 0.3) is 0 Å². The van der Waals surface area contributed by atoms with Crippen molar-refractivity contribution in [2.45, 2.75) is 38.5 Å². The number of hydrogen-bond acceptors (Lipinski definition) is 2. The predicted octanol–water partition coefficient (Wildman–Crippen LogP) is 3.65. The summed E-state index contributed by atoms with van der Waals surface area (Å²) < 4.78 is 1.09. The van der Waals surface area contributed by atoms with Crippen LogP contribution in [0.5, 0.6) is 0 Å². The Hall–Kier alpha value is -0.540. The summed E-state index contributed by atoms with van der Waals surface area (Å²) >= 11 is 3.50. The molecular formula is C13H21BrN2. The smallest absolute Gasteiger partial charge is 0.0350 e. The third kappa shape index (κ3) is 3.80. The molecule has 0 aliphatic rings. The van der Waals surface area contributed by atoms with Crippen molar-refractivity contribution in [2.75, 3.05) is 12.3 Å². The molecule has 0 bridgehead atoms. The van der Waals surface area contributed by atoms with Crippen LogP contribution in [-0.2, 0) is 0 Å². The molecule has 0 aliphatic carbocycles. The molecule has 0 aromatic heterocycles. The number of unbranched alkanes of at least 4 members (excludes halogenated alkanes) is 1. The average molecular weight is 285 g/mol. The highest BCUT2D eigenvalue weighted by Crippen LogP contribution is 2.31. The maximum atomic E-state index is 6.03. The van der Waals surface area contributed by atoms with Gasteiger partial charge in [-0.1, -0.05) is 35.7 Å². The molecule has 4 N–H and O–H groups in total. The Morgan fingerprint density at radius 2 is 2.06 bits per heavy atom. The van der Waals surface area contributed by atoms with E-state index in [4.69, 9.17) is 11.5 Å². The molecule has 3 heteroatoms. The SMILES string of the molecule is CCCCC(CCN)c1cc(Br)ccc1N. The lowest BCUT2D eigenvalue weighted by atomic mass is 9.89. The predicted molar refractivity (Wildman–Crippen MR) is 74.5 cm³/mol. The van der Waals surface area contributed by atoms with E-state index in [1.807, 2.05) is 12.1 Å². The number of hydrogen-bond donors (Lipinski definition) is 2. The number of rotatable bonds is 6. The molecule has 0 fully saturated rings. The molecule has 0 aliphatic heterocycles. The van der Waals surface area contributed by atoms with Crippen LogP contribution in [0.25, 0.3) is 0 Å². The maximum Gasteiger partial charge on any atom is 0.0350 e. The fourth-order valence-corrected chi connectivity index (χ4v) is 2.39. The maximum absolute atomic E-state index is 6.03. The highest BCUT2D eigenvalue weighted by molar-refractivity contribution is 9.10. The van der Waals surface area contributed by atoms with Crippen LogP contribution in [0.15, 0.2) is 22.7 Å². The molecule has 0 amide bonds. The summed E-state index contributed by atoms with van der Waals surface area (Å²) in [6.07, 6.45) is 4.64. The number of nitrogen functional groups attached to an aromatic ring is 1. The van der Waals surface area contributed by atoms with Crippen molar-refractivity contribution in [2.24, 2.45) is 5.73 Å². The Morgan fingerprint density at radius 3 is 2.69 bits per heavy atom. The van der Waals surface area contributed by atoms with E-state index in [-0.39, 0.29) is 0 Å². The summed E-state index contributed by atoms with van der Waals surface area (Å²) in [7, 11) is 0. The van der Waals surface area contributed by atoms with Crippen LogP contribution in [0.1, 0.15) is 44.1 Å². The summed E-state index contributed by atoms with van der Waals surface area (Å²) in [4.78, 5) is 0. The van der Waals surface area contributed by atoms with E-state index in [2.05, 4.69) is 28.9 Å². The van der Waals surface area contributed by atoms with Gasteiger partial charge in [0.2, 0.25) is 0 Å². The van der Waals surface area contributed by atoms with Crippen molar-refractivity contribution < 1.29 is 0 Å². The first-order chi connectivity index (χ1) is 7.69. The summed E-state index contributed by atoms with van der Waals surface area (Å²) in [6.45, 7) is 2.93. The minimum Gasteiger partial charge on any atom is -0.398 e. The Bertz CT molecular complexity index is 326. The fraction of sp³-hybridized carbons (Fsp3) is 0.538. The number of halogens is 1. The summed E-state index contributed by atoms with van der Waals surface area (Å²) in [6, 6.07) is 6.08. The number of nitrogens with two attached hydrogens (primary N) is 2. The van der Waals surface area contributed by atoms with Gasteiger partial charge in [-0.2, -0.15) is 0 Å². The van der Waals surface area contributed by atoms with Gasteiger partial charge in [-0.05, 0) is 49.1 Å². The van der Waals surface area contributed by atoms with Gasteiger partial charge in [-0.15, -0.1) is 0 Å². The van der Waals surface area contributed by atoms with E-state index < -0.39 is 0 Å². The zero-order valence-corrected chi connectivity index (χ0v) is 11.5. The summed E-state index contributed by atoms with van der Waals surface area (Å²) in [5.74, 6) is 0.502. The van der Waals surface area contributed by atoms with Crippen molar-refractivity contribution in [3.63, 3.8) is 0 Å². The molecule has 1 atom stereocenters. The molecule has 1 unspecified atom stereocenters. The Balaban J connectivity index is 2.85. The molecule has 0 spiro atoms. The van der Waals surface area contributed by atoms with Gasteiger partial charge < -0.3 is 11.5 Å². The van der Waals surface area contributed by atoms with Gasteiger partial charge in [-0.25, -0.2) is 0 Å². The summed E-state index contributed by atoms with van der Waals surface area (Å²) in [5, 5.41) is 0. The van der Waals surface area contributed by atoms with E-state index in [0.29, 0.717) is 5.92 Å². The first kappa shape index (κ1) is 13.5. The van der Waals surface area contributed by atoms with Crippen LogP contribution in [-0.4, -0.2) is 6.54 Å². The molecule has 90 valence electrons. The second-order valence-electron chi connectivity index (χ2n) is 4.19. The molecular weight excluding hydrogens is 264 g/mol. The van der Waals surface area contributed by atoms with Crippen molar-refractivity contribution in [3.05, 3.63) is 28.2 Å². The molecule has 16 heavy (non-hydrogen) atoms. The van der Waals surface area contributed by atoms with E-state index in [1.54, 1.807) is 0 Å². The van der Waals surface area contributed by atoms with Crippen LogP contribution < -0.4 is 11.5 Å². The lowest BCUT2D eigenvalue weighted by molar-refractivity contribution is 0.554. The Morgan fingerprint density at radius 1 is 1.31 bits per heavy atom. The minimum absolute atomic E-state index is 0.502. The number of benzene rings is 1. The fourth-order valence-electron chi connectivity index (χ4n) is 2.01. The Kier molecular flexibility index (Phi) is 5.85. The topological polar surface area (TPSA) is 52.0 Å². The van der Waals surface area contributed by atoms with E-state index in [0.717, 1.165) is 23.1 Å². The highest BCUT2D eigenvalue weighted by atomic mass is 79.9. The first-order valence-electron chi connectivity index (χ1n) is 5.94. The standard InChI is InChI=1S/C13H21BrN2/c1-2-3-4-10(7-8-15)12-9-11(14)5-6-13(12)16/h5-6,9-10H,2-4,7-8,15-16H2,1H3. The van der Waals surface area contributed by atoms with Crippen molar-refractivity contribution >= 4 is 21.6 Å². The molecule has 2 nitrogen and oxygen atoms in total. The third-order valence-corrected chi connectivity index (χ3v) is 3.40. The quantitative estimate of drug-likeness (QED) is 0.784. The normalized spacial score (nSPS) is 12.7. The third-order valence-electron chi connectivity index (χ3n) is 2.91. The van der Waals surface area contributed by atoms with Crippen LogP contribution >= 0.6 is 15.9 Å². The highest BCUT2D eigenvalue weighted by Gasteiger charge is 2.13. The lowest BCUT2D eigenvalue weighted by Gasteiger charge is -2.18. The van der Waals surface area contributed by atoms with Crippen molar-refractivity contribution in [3.8, 4) is 0 Å². The van der Waals surface area contributed by atoms with Gasteiger partial charge in [0.15, 0.2) is 0 Å². The average Bonchev–Trinajstić information content (AvgIpc) is 2.28. The van der Waals surface area contributed by atoms with Gasteiger partial charge in [0.05, 0.1) is 0 Å². The van der Waals surface area contributed by atoms with E-state index in [1.165, 1.54) is 24.8 Å². The van der Waals surface area contributed by atoms with Crippen LogP contribution in [0.3, 0.4) is 0 Å². The summed E-state index contributed by atoms with van der Waals surface area (Å²) in [5.41, 5.74) is 13.8. The van der Waals surface area contributed by atoms with E-state index in [9.17, 15) is 0 Å². The second-order valence-corrected chi connectivity index (χ2v) is 5.11. The van der Waals surface area contributed by atoms with Gasteiger partial charge >= 0.3 is 0 Å².